The number of para-hydroxylation sites is 2. The Morgan fingerprint density at radius 1 is 0.815 bits per heavy atom. The number of unbranched alkanes of at least 4 members (excludes halogenated alkanes) is 5. The Morgan fingerprint density at radius 3 is 2.19 bits per heavy atom. The van der Waals surface area contributed by atoms with Crippen LogP contribution < -0.4 is 4.74 Å². The number of hydrogen-bond acceptors (Lipinski definition) is 5. The number of carbonyl (C=O) groups is 2. The number of hydrogen-bond donors (Lipinski definition) is 1. The lowest BCUT2D eigenvalue weighted by Crippen LogP contribution is -2.13. The summed E-state index contributed by atoms with van der Waals surface area (Å²) in [6.45, 7) is 2.51. The number of aromatic hydroxyl groups is 1. The lowest BCUT2D eigenvalue weighted by atomic mass is 10.1. The van der Waals surface area contributed by atoms with Gasteiger partial charge in [0.2, 0.25) is 0 Å². The van der Waals surface area contributed by atoms with Gasteiger partial charge in [0.15, 0.2) is 0 Å². The average molecular weight is 370 g/mol. The summed E-state index contributed by atoms with van der Waals surface area (Å²) in [5.41, 5.74) is 0.222. The molecule has 0 unspecified atom stereocenters. The quantitative estimate of drug-likeness (QED) is 0.357. The summed E-state index contributed by atoms with van der Waals surface area (Å²) in [6.07, 6.45) is 6.61. The fourth-order valence-electron chi connectivity index (χ4n) is 2.65. The molecule has 0 saturated heterocycles. The molecule has 2 aromatic carbocycles. The summed E-state index contributed by atoms with van der Waals surface area (Å²) in [7, 11) is 0. The predicted molar refractivity (Wildman–Crippen MR) is 103 cm³/mol. The monoisotopic (exact) mass is 370 g/mol. The number of phenols is 1. The summed E-state index contributed by atoms with van der Waals surface area (Å²) in [5, 5.41) is 9.77. The SMILES string of the molecule is CCCCCCCCOC(=O)c1ccccc1OC(=O)c1ccccc1O. The van der Waals surface area contributed by atoms with Crippen molar-refractivity contribution in [1.82, 2.24) is 0 Å². The van der Waals surface area contributed by atoms with Gasteiger partial charge in [0.25, 0.3) is 0 Å². The second-order valence-corrected chi connectivity index (χ2v) is 6.31. The largest absolute Gasteiger partial charge is 0.507 e. The molecule has 27 heavy (non-hydrogen) atoms. The summed E-state index contributed by atoms with van der Waals surface area (Å²) in [4.78, 5) is 24.6. The first-order valence-corrected chi connectivity index (χ1v) is 9.39. The zero-order valence-corrected chi connectivity index (χ0v) is 15.6. The molecule has 0 amide bonds. The minimum Gasteiger partial charge on any atom is -0.507 e. The molecule has 0 atom stereocenters. The highest BCUT2D eigenvalue weighted by Gasteiger charge is 2.18. The minimum atomic E-state index is -0.732. The summed E-state index contributed by atoms with van der Waals surface area (Å²) in [6, 6.07) is 12.5. The molecule has 0 heterocycles. The first kappa shape index (κ1) is 20.5. The molecule has 0 aliphatic heterocycles. The molecule has 144 valence electrons. The zero-order chi connectivity index (χ0) is 19.5. The first-order valence-electron chi connectivity index (χ1n) is 9.39. The van der Waals surface area contributed by atoms with E-state index in [1.165, 1.54) is 37.5 Å². The summed E-state index contributed by atoms with van der Waals surface area (Å²) in [5.74, 6) is -1.32. The average Bonchev–Trinajstić information content (AvgIpc) is 2.68. The Balaban J connectivity index is 1.92. The molecule has 0 spiro atoms. The highest BCUT2D eigenvalue weighted by molar-refractivity contribution is 5.97. The molecule has 5 heteroatoms. The van der Waals surface area contributed by atoms with Crippen molar-refractivity contribution in [3.8, 4) is 11.5 Å². The summed E-state index contributed by atoms with van der Waals surface area (Å²) >= 11 is 0. The molecule has 0 fully saturated rings. The number of benzene rings is 2. The molecule has 2 aromatic rings. The van der Waals surface area contributed by atoms with Gasteiger partial charge in [0, 0.05) is 0 Å². The van der Waals surface area contributed by atoms with Gasteiger partial charge in [0.05, 0.1) is 6.61 Å². The Labute approximate surface area is 159 Å². The van der Waals surface area contributed by atoms with E-state index in [2.05, 4.69) is 6.92 Å². The molecular weight excluding hydrogens is 344 g/mol. The molecule has 5 nitrogen and oxygen atoms in total. The second-order valence-electron chi connectivity index (χ2n) is 6.31. The van der Waals surface area contributed by atoms with Crippen LogP contribution in [-0.2, 0) is 4.74 Å². The maximum atomic E-state index is 12.3. The Morgan fingerprint density at radius 2 is 1.44 bits per heavy atom. The molecule has 0 aromatic heterocycles. The standard InChI is InChI=1S/C22H26O5/c1-2-3-4-5-6-11-16-26-21(24)18-13-8-10-15-20(18)27-22(25)17-12-7-9-14-19(17)23/h7-10,12-15,23H,2-6,11,16H2,1H3. The van der Waals surface area contributed by atoms with E-state index in [4.69, 9.17) is 9.47 Å². The highest BCUT2D eigenvalue weighted by Crippen LogP contribution is 2.23. The van der Waals surface area contributed by atoms with Gasteiger partial charge >= 0.3 is 11.9 Å². The van der Waals surface area contributed by atoms with E-state index in [0.29, 0.717) is 6.61 Å². The van der Waals surface area contributed by atoms with Gasteiger partial charge in [0.1, 0.15) is 22.6 Å². The number of ether oxygens (including phenoxy) is 2. The molecule has 0 aliphatic carbocycles. The minimum absolute atomic E-state index is 0.0350. The predicted octanol–water partition coefficient (Wildman–Crippen LogP) is 5.13. The van der Waals surface area contributed by atoms with Crippen LogP contribution in [0.1, 0.15) is 66.2 Å². The van der Waals surface area contributed by atoms with Crippen molar-refractivity contribution >= 4 is 11.9 Å². The smallest absolute Gasteiger partial charge is 0.347 e. The van der Waals surface area contributed by atoms with E-state index in [0.717, 1.165) is 19.3 Å². The van der Waals surface area contributed by atoms with Gasteiger partial charge in [-0.25, -0.2) is 9.59 Å². The van der Waals surface area contributed by atoms with Crippen LogP contribution in [-0.4, -0.2) is 23.7 Å². The normalized spacial score (nSPS) is 10.4. The van der Waals surface area contributed by atoms with E-state index < -0.39 is 11.9 Å². The Bertz CT molecular complexity index is 754. The van der Waals surface area contributed by atoms with E-state index in [1.807, 2.05) is 0 Å². The Hall–Kier alpha value is -2.82. The van der Waals surface area contributed by atoms with Crippen molar-refractivity contribution in [2.24, 2.45) is 0 Å². The molecule has 0 bridgehead atoms. The van der Waals surface area contributed by atoms with Gasteiger partial charge in [-0.2, -0.15) is 0 Å². The fraction of sp³-hybridized carbons (Fsp3) is 0.364. The van der Waals surface area contributed by atoms with Crippen molar-refractivity contribution < 1.29 is 24.2 Å². The number of phenolic OH excluding ortho intramolecular Hbond substituents is 1. The number of esters is 2. The van der Waals surface area contributed by atoms with Gasteiger partial charge in [-0.05, 0) is 30.7 Å². The third-order valence-electron chi connectivity index (χ3n) is 4.16. The van der Waals surface area contributed by atoms with Crippen LogP contribution in [0.15, 0.2) is 48.5 Å². The number of carbonyl (C=O) groups excluding carboxylic acids is 2. The van der Waals surface area contributed by atoms with Crippen LogP contribution >= 0.6 is 0 Å². The van der Waals surface area contributed by atoms with Crippen LogP contribution in [0.25, 0.3) is 0 Å². The topological polar surface area (TPSA) is 72.8 Å². The maximum Gasteiger partial charge on any atom is 0.347 e. The van der Waals surface area contributed by atoms with Crippen molar-refractivity contribution in [2.45, 2.75) is 45.4 Å². The first-order chi connectivity index (χ1) is 13.1. The van der Waals surface area contributed by atoms with Gasteiger partial charge in [-0.15, -0.1) is 0 Å². The molecule has 1 N–H and O–H groups in total. The van der Waals surface area contributed by atoms with Crippen molar-refractivity contribution in [2.75, 3.05) is 6.61 Å². The lowest BCUT2D eigenvalue weighted by Gasteiger charge is -2.10. The van der Waals surface area contributed by atoms with Crippen LogP contribution in [0.2, 0.25) is 0 Å². The molecule has 0 aliphatic rings. The molecule has 0 saturated carbocycles. The molecule has 2 rings (SSSR count). The van der Waals surface area contributed by atoms with Crippen LogP contribution in [0.4, 0.5) is 0 Å². The molecule has 0 radical (unpaired) electrons. The van der Waals surface area contributed by atoms with Gasteiger partial charge < -0.3 is 14.6 Å². The third-order valence-corrected chi connectivity index (χ3v) is 4.16. The Kier molecular flexibility index (Phi) is 8.36. The van der Waals surface area contributed by atoms with Gasteiger partial charge in [-0.1, -0.05) is 63.3 Å². The van der Waals surface area contributed by atoms with E-state index in [-0.39, 0.29) is 22.6 Å². The highest BCUT2D eigenvalue weighted by atomic mass is 16.5. The van der Waals surface area contributed by atoms with Gasteiger partial charge in [-0.3, -0.25) is 0 Å². The van der Waals surface area contributed by atoms with Crippen LogP contribution in [0, 0.1) is 0 Å². The van der Waals surface area contributed by atoms with E-state index >= 15 is 0 Å². The van der Waals surface area contributed by atoms with Crippen molar-refractivity contribution in [3.05, 3.63) is 59.7 Å². The van der Waals surface area contributed by atoms with Crippen molar-refractivity contribution in [3.63, 3.8) is 0 Å². The fourth-order valence-corrected chi connectivity index (χ4v) is 2.65. The zero-order valence-electron chi connectivity index (χ0n) is 15.6. The number of rotatable bonds is 10. The van der Waals surface area contributed by atoms with Crippen molar-refractivity contribution in [1.29, 1.82) is 0 Å². The second kappa shape index (κ2) is 11.0. The van der Waals surface area contributed by atoms with Crippen LogP contribution in [0.3, 0.4) is 0 Å². The lowest BCUT2D eigenvalue weighted by molar-refractivity contribution is 0.0492. The maximum absolute atomic E-state index is 12.3. The molecular formula is C22H26O5. The van der Waals surface area contributed by atoms with E-state index in [1.54, 1.807) is 30.3 Å². The van der Waals surface area contributed by atoms with Crippen LogP contribution in [0.5, 0.6) is 11.5 Å². The summed E-state index contributed by atoms with van der Waals surface area (Å²) < 4.78 is 10.6. The van der Waals surface area contributed by atoms with E-state index in [9.17, 15) is 14.7 Å². The third kappa shape index (κ3) is 6.44.